The quantitative estimate of drug-likeness (QED) is 0.865. The lowest BCUT2D eigenvalue weighted by molar-refractivity contribution is -0.135. The Bertz CT molecular complexity index is 787. The number of fused-ring (bicyclic) bond motifs is 1. The van der Waals surface area contributed by atoms with Crippen LogP contribution >= 0.6 is 0 Å². The molecule has 0 N–H and O–H groups in total. The molecule has 0 unspecified atom stereocenters. The number of hydrogen-bond donors (Lipinski definition) is 0. The van der Waals surface area contributed by atoms with Crippen molar-refractivity contribution >= 4 is 5.91 Å². The van der Waals surface area contributed by atoms with Crippen LogP contribution in [0.2, 0.25) is 0 Å². The van der Waals surface area contributed by atoms with Gasteiger partial charge in [-0.1, -0.05) is 44.2 Å². The third-order valence-electron chi connectivity index (χ3n) is 4.70. The lowest BCUT2D eigenvalue weighted by Crippen LogP contribution is -2.39. The summed E-state index contributed by atoms with van der Waals surface area (Å²) in [6.07, 6.45) is 0.647. The van der Waals surface area contributed by atoms with Gasteiger partial charge in [-0.05, 0) is 18.9 Å². The van der Waals surface area contributed by atoms with Gasteiger partial charge < -0.3 is 4.90 Å². The molecule has 1 aromatic heterocycles. The van der Waals surface area contributed by atoms with E-state index in [0.717, 1.165) is 23.4 Å². The predicted molar refractivity (Wildman–Crippen MR) is 93.9 cm³/mol. The van der Waals surface area contributed by atoms with Gasteiger partial charge in [0, 0.05) is 24.6 Å². The van der Waals surface area contributed by atoms with Gasteiger partial charge >= 0.3 is 0 Å². The van der Waals surface area contributed by atoms with Gasteiger partial charge in [-0.3, -0.25) is 14.3 Å². The number of nitrogens with zero attached hydrogens (tertiary/aromatic N) is 3. The van der Waals surface area contributed by atoms with Crippen molar-refractivity contribution in [1.82, 2.24) is 14.3 Å². The van der Waals surface area contributed by atoms with E-state index in [1.165, 1.54) is 0 Å². The van der Waals surface area contributed by atoms with Crippen molar-refractivity contribution in [2.75, 3.05) is 6.54 Å². The first-order valence-electron chi connectivity index (χ1n) is 8.67. The highest BCUT2D eigenvalue weighted by Gasteiger charge is 2.28. The third-order valence-corrected chi connectivity index (χ3v) is 4.70. The first kappa shape index (κ1) is 16.6. The van der Waals surface area contributed by atoms with Crippen molar-refractivity contribution in [2.45, 2.75) is 46.8 Å². The fourth-order valence-electron chi connectivity index (χ4n) is 3.45. The average Bonchev–Trinajstić information content (AvgIpc) is 2.86. The number of amides is 1. The largest absolute Gasteiger partial charge is 0.336 e. The number of carbonyl (C=O) groups is 1. The molecule has 128 valence electrons. The van der Waals surface area contributed by atoms with Crippen LogP contribution in [0.15, 0.2) is 35.1 Å². The van der Waals surface area contributed by atoms with E-state index in [4.69, 9.17) is 0 Å². The Morgan fingerprint density at radius 2 is 1.88 bits per heavy atom. The summed E-state index contributed by atoms with van der Waals surface area (Å²) in [5, 5.41) is 0. The standard InChI is InChI=1S/C19H25N3O2/c1-4-21-17-13-20(18(23)14(2)3)11-10-16(17)19(24)22(21)12-15-8-6-5-7-9-15/h5-9,14H,4,10-13H2,1-3H3. The second-order valence-electron chi connectivity index (χ2n) is 6.65. The Hall–Kier alpha value is -2.30. The molecule has 0 aliphatic carbocycles. The Labute approximate surface area is 142 Å². The fraction of sp³-hybridized carbons (Fsp3) is 0.474. The van der Waals surface area contributed by atoms with E-state index in [-0.39, 0.29) is 17.4 Å². The van der Waals surface area contributed by atoms with Crippen LogP contribution in [0.1, 0.15) is 37.6 Å². The van der Waals surface area contributed by atoms with Crippen molar-refractivity contribution in [1.29, 1.82) is 0 Å². The molecule has 2 heterocycles. The van der Waals surface area contributed by atoms with E-state index in [9.17, 15) is 9.59 Å². The third kappa shape index (κ3) is 2.90. The van der Waals surface area contributed by atoms with E-state index < -0.39 is 0 Å². The van der Waals surface area contributed by atoms with Crippen LogP contribution in [0.4, 0.5) is 0 Å². The van der Waals surface area contributed by atoms with Crippen LogP contribution in [-0.2, 0) is 30.8 Å². The Morgan fingerprint density at radius 3 is 2.50 bits per heavy atom. The maximum absolute atomic E-state index is 12.8. The minimum absolute atomic E-state index is 0.0141. The predicted octanol–water partition coefficient (Wildman–Crippen LogP) is 2.26. The maximum atomic E-state index is 12.8. The second-order valence-corrected chi connectivity index (χ2v) is 6.65. The van der Waals surface area contributed by atoms with Crippen LogP contribution in [0.3, 0.4) is 0 Å². The van der Waals surface area contributed by atoms with Gasteiger partial charge in [0.2, 0.25) is 5.91 Å². The molecule has 2 aromatic rings. The van der Waals surface area contributed by atoms with E-state index >= 15 is 0 Å². The number of benzene rings is 1. The molecule has 0 radical (unpaired) electrons. The van der Waals surface area contributed by atoms with Crippen LogP contribution < -0.4 is 5.56 Å². The Balaban J connectivity index is 1.97. The van der Waals surface area contributed by atoms with Crippen molar-refractivity contribution in [2.24, 2.45) is 5.92 Å². The number of hydrogen-bond acceptors (Lipinski definition) is 2. The van der Waals surface area contributed by atoms with Crippen LogP contribution in [0, 0.1) is 5.92 Å². The first-order chi connectivity index (χ1) is 11.5. The molecular weight excluding hydrogens is 302 g/mol. The topological polar surface area (TPSA) is 47.2 Å². The lowest BCUT2D eigenvalue weighted by Gasteiger charge is -2.29. The van der Waals surface area contributed by atoms with Crippen molar-refractivity contribution in [3.8, 4) is 0 Å². The summed E-state index contributed by atoms with van der Waals surface area (Å²) in [4.78, 5) is 27.0. The summed E-state index contributed by atoms with van der Waals surface area (Å²) in [5.74, 6) is 0.145. The molecule has 1 aliphatic heterocycles. The molecule has 0 fully saturated rings. The van der Waals surface area contributed by atoms with Gasteiger partial charge in [0.25, 0.3) is 5.56 Å². The average molecular weight is 327 g/mol. The zero-order chi connectivity index (χ0) is 17.3. The summed E-state index contributed by atoms with van der Waals surface area (Å²) in [6, 6.07) is 10.0. The maximum Gasteiger partial charge on any atom is 0.270 e. The van der Waals surface area contributed by atoms with Gasteiger partial charge in [0.15, 0.2) is 0 Å². The highest BCUT2D eigenvalue weighted by molar-refractivity contribution is 5.78. The molecule has 0 atom stereocenters. The summed E-state index contributed by atoms with van der Waals surface area (Å²) in [5.41, 5.74) is 3.07. The zero-order valence-electron chi connectivity index (χ0n) is 14.7. The Morgan fingerprint density at radius 1 is 1.17 bits per heavy atom. The minimum Gasteiger partial charge on any atom is -0.336 e. The monoisotopic (exact) mass is 327 g/mol. The molecule has 5 heteroatoms. The Kier molecular flexibility index (Phi) is 4.60. The van der Waals surface area contributed by atoms with Crippen LogP contribution in [-0.4, -0.2) is 26.7 Å². The summed E-state index contributed by atoms with van der Waals surface area (Å²) < 4.78 is 3.87. The normalized spacial score (nSPS) is 14.1. The molecule has 0 spiro atoms. The van der Waals surface area contributed by atoms with Crippen molar-refractivity contribution < 1.29 is 4.79 Å². The smallest absolute Gasteiger partial charge is 0.270 e. The minimum atomic E-state index is -0.0141. The molecule has 1 aromatic carbocycles. The van der Waals surface area contributed by atoms with Crippen LogP contribution in [0.25, 0.3) is 0 Å². The van der Waals surface area contributed by atoms with Gasteiger partial charge in [-0.25, -0.2) is 4.68 Å². The lowest BCUT2D eigenvalue weighted by atomic mass is 10.1. The number of rotatable bonds is 4. The second kappa shape index (κ2) is 6.67. The van der Waals surface area contributed by atoms with E-state index in [2.05, 4.69) is 0 Å². The molecular formula is C19H25N3O2. The summed E-state index contributed by atoms with van der Waals surface area (Å²) in [7, 11) is 0. The number of aromatic nitrogens is 2. The van der Waals surface area contributed by atoms with Gasteiger partial charge in [0.1, 0.15) is 0 Å². The molecule has 5 nitrogen and oxygen atoms in total. The molecule has 0 bridgehead atoms. The van der Waals surface area contributed by atoms with Gasteiger partial charge in [0.05, 0.1) is 18.8 Å². The molecule has 1 aliphatic rings. The molecule has 24 heavy (non-hydrogen) atoms. The fourth-order valence-corrected chi connectivity index (χ4v) is 3.45. The SMILES string of the molecule is CCn1c2c(c(=O)n1Cc1ccccc1)CCN(C(=O)C(C)C)C2. The molecule has 1 amide bonds. The van der Waals surface area contributed by atoms with Crippen molar-refractivity contribution in [3.63, 3.8) is 0 Å². The summed E-state index contributed by atoms with van der Waals surface area (Å²) >= 11 is 0. The van der Waals surface area contributed by atoms with Gasteiger partial charge in [-0.2, -0.15) is 0 Å². The van der Waals surface area contributed by atoms with Gasteiger partial charge in [-0.15, -0.1) is 0 Å². The van der Waals surface area contributed by atoms with Crippen LogP contribution in [0.5, 0.6) is 0 Å². The van der Waals surface area contributed by atoms with E-state index in [1.807, 2.05) is 65.4 Å². The first-order valence-corrected chi connectivity index (χ1v) is 8.67. The van der Waals surface area contributed by atoms with E-state index in [0.29, 0.717) is 26.1 Å². The summed E-state index contributed by atoms with van der Waals surface area (Å²) in [6.45, 7) is 8.36. The van der Waals surface area contributed by atoms with E-state index in [1.54, 1.807) is 0 Å². The highest BCUT2D eigenvalue weighted by atomic mass is 16.2. The highest BCUT2D eigenvalue weighted by Crippen LogP contribution is 2.19. The van der Waals surface area contributed by atoms with Crippen molar-refractivity contribution in [3.05, 3.63) is 57.5 Å². The zero-order valence-corrected chi connectivity index (χ0v) is 14.7. The molecule has 0 saturated heterocycles. The molecule has 3 rings (SSSR count). The molecule has 0 saturated carbocycles. The number of carbonyl (C=O) groups excluding carboxylic acids is 1.